The van der Waals surface area contributed by atoms with Crippen LogP contribution in [0.15, 0.2) is 41.7 Å². The fourth-order valence-electron chi connectivity index (χ4n) is 1.83. The molecule has 0 aliphatic heterocycles. The minimum Gasteiger partial charge on any atom is -0.465 e. The van der Waals surface area contributed by atoms with Crippen LogP contribution in [-0.4, -0.2) is 41.7 Å². The number of amides is 1. The first-order valence-electron chi connectivity index (χ1n) is 6.62. The van der Waals surface area contributed by atoms with Gasteiger partial charge in [-0.15, -0.1) is 0 Å². The van der Waals surface area contributed by atoms with E-state index in [1.54, 1.807) is 6.07 Å². The van der Waals surface area contributed by atoms with Crippen LogP contribution >= 0.6 is 0 Å². The molecule has 0 saturated heterocycles. The molecule has 2 aromatic heterocycles. The molecule has 1 amide bonds. The molecule has 0 fully saturated rings. The molecule has 9 heteroatoms. The summed E-state index contributed by atoms with van der Waals surface area (Å²) < 4.78 is 10.0. The Kier molecular flexibility index (Phi) is 5.05. The molecule has 9 nitrogen and oxygen atoms in total. The Morgan fingerprint density at radius 1 is 1.08 bits per heavy atom. The largest absolute Gasteiger partial charge is 0.465 e. The SMILES string of the molecule is COC(=O)c1cn(NC(=O)c2cccnc2)cc(C(=O)OC)c1=O. The van der Waals surface area contributed by atoms with Crippen molar-refractivity contribution in [1.82, 2.24) is 9.66 Å². The summed E-state index contributed by atoms with van der Waals surface area (Å²) in [6.07, 6.45) is 4.94. The van der Waals surface area contributed by atoms with Gasteiger partial charge in [0.2, 0.25) is 5.43 Å². The highest BCUT2D eigenvalue weighted by Gasteiger charge is 2.21. The second-order valence-corrected chi connectivity index (χ2v) is 4.49. The fourth-order valence-corrected chi connectivity index (χ4v) is 1.83. The van der Waals surface area contributed by atoms with Gasteiger partial charge in [0.15, 0.2) is 0 Å². The van der Waals surface area contributed by atoms with Gasteiger partial charge in [0.05, 0.1) is 19.8 Å². The van der Waals surface area contributed by atoms with Crippen LogP contribution in [0, 0.1) is 0 Å². The van der Waals surface area contributed by atoms with Crippen LogP contribution in [0.1, 0.15) is 31.1 Å². The number of hydrogen-bond donors (Lipinski definition) is 1. The summed E-state index contributed by atoms with van der Waals surface area (Å²) in [5.74, 6) is -2.45. The maximum absolute atomic E-state index is 12.1. The summed E-state index contributed by atoms with van der Waals surface area (Å²) in [7, 11) is 2.18. The molecular weight excluding hydrogens is 318 g/mol. The topological polar surface area (TPSA) is 117 Å². The van der Waals surface area contributed by atoms with E-state index in [2.05, 4.69) is 19.9 Å². The van der Waals surface area contributed by atoms with Crippen molar-refractivity contribution in [3.63, 3.8) is 0 Å². The first-order chi connectivity index (χ1) is 11.5. The van der Waals surface area contributed by atoms with E-state index >= 15 is 0 Å². The second kappa shape index (κ2) is 7.18. The zero-order chi connectivity index (χ0) is 17.7. The maximum atomic E-state index is 12.1. The zero-order valence-electron chi connectivity index (χ0n) is 12.8. The minimum atomic E-state index is -0.949. The number of aromatic nitrogens is 2. The molecule has 2 rings (SSSR count). The predicted molar refractivity (Wildman–Crippen MR) is 81.3 cm³/mol. The van der Waals surface area contributed by atoms with Gasteiger partial charge in [-0.05, 0) is 12.1 Å². The third-order valence-corrected chi connectivity index (χ3v) is 2.99. The van der Waals surface area contributed by atoms with Crippen molar-refractivity contribution >= 4 is 17.8 Å². The average molecular weight is 331 g/mol. The number of nitrogens with zero attached hydrogens (tertiary/aromatic N) is 2. The minimum absolute atomic E-state index is 0.246. The number of methoxy groups -OCH3 is 2. The molecule has 124 valence electrons. The number of nitrogens with one attached hydrogen (secondary N) is 1. The second-order valence-electron chi connectivity index (χ2n) is 4.49. The first-order valence-corrected chi connectivity index (χ1v) is 6.62. The van der Waals surface area contributed by atoms with Gasteiger partial charge >= 0.3 is 11.9 Å². The third kappa shape index (κ3) is 3.46. The van der Waals surface area contributed by atoms with E-state index < -0.39 is 34.4 Å². The molecule has 0 unspecified atom stereocenters. The molecule has 0 aliphatic carbocycles. The number of ether oxygens (including phenoxy) is 2. The quantitative estimate of drug-likeness (QED) is 0.795. The van der Waals surface area contributed by atoms with Gasteiger partial charge in [0, 0.05) is 24.8 Å². The monoisotopic (exact) mass is 331 g/mol. The van der Waals surface area contributed by atoms with Gasteiger partial charge in [0.1, 0.15) is 11.1 Å². The Balaban J connectivity index is 2.46. The average Bonchev–Trinajstić information content (AvgIpc) is 2.62. The molecule has 0 radical (unpaired) electrons. The van der Waals surface area contributed by atoms with Crippen LogP contribution in [-0.2, 0) is 9.47 Å². The van der Waals surface area contributed by atoms with Crippen molar-refractivity contribution in [3.05, 3.63) is 63.8 Å². The van der Waals surface area contributed by atoms with Gasteiger partial charge in [-0.25, -0.2) is 9.59 Å². The van der Waals surface area contributed by atoms with E-state index in [-0.39, 0.29) is 5.56 Å². The molecule has 1 N–H and O–H groups in total. The molecule has 0 saturated carbocycles. The Morgan fingerprint density at radius 3 is 2.12 bits per heavy atom. The Labute approximate surface area is 135 Å². The number of rotatable bonds is 4. The molecule has 2 heterocycles. The van der Waals surface area contributed by atoms with Crippen LogP contribution < -0.4 is 10.9 Å². The van der Waals surface area contributed by atoms with Crippen molar-refractivity contribution in [2.24, 2.45) is 0 Å². The van der Waals surface area contributed by atoms with E-state index in [1.807, 2.05) is 0 Å². The summed E-state index contributed by atoms with van der Waals surface area (Å²) in [6.45, 7) is 0. The van der Waals surface area contributed by atoms with Crippen LogP contribution in [0.4, 0.5) is 0 Å². The van der Waals surface area contributed by atoms with Crippen molar-refractivity contribution in [3.8, 4) is 0 Å². The van der Waals surface area contributed by atoms with Gasteiger partial charge < -0.3 is 9.47 Å². The van der Waals surface area contributed by atoms with Crippen molar-refractivity contribution < 1.29 is 23.9 Å². The molecule has 2 aromatic rings. The van der Waals surface area contributed by atoms with Crippen molar-refractivity contribution in [2.75, 3.05) is 19.6 Å². The lowest BCUT2D eigenvalue weighted by atomic mass is 10.2. The van der Waals surface area contributed by atoms with Crippen LogP contribution in [0.25, 0.3) is 0 Å². The highest BCUT2D eigenvalue weighted by atomic mass is 16.5. The number of carbonyl (C=O) groups is 3. The van der Waals surface area contributed by atoms with E-state index in [1.165, 1.54) is 18.5 Å². The molecule has 0 atom stereocenters. The number of carbonyl (C=O) groups excluding carboxylic acids is 3. The van der Waals surface area contributed by atoms with Gasteiger partial charge in [-0.2, -0.15) is 0 Å². The highest BCUT2D eigenvalue weighted by molar-refractivity contribution is 6.00. The number of esters is 2. The summed E-state index contributed by atoms with van der Waals surface area (Å²) in [5, 5.41) is 0. The van der Waals surface area contributed by atoms with Gasteiger partial charge in [-0.3, -0.25) is 24.7 Å². The first kappa shape index (κ1) is 16.9. The van der Waals surface area contributed by atoms with E-state index in [0.29, 0.717) is 0 Å². The third-order valence-electron chi connectivity index (χ3n) is 2.99. The molecule has 0 bridgehead atoms. The van der Waals surface area contributed by atoms with Gasteiger partial charge in [0.25, 0.3) is 5.91 Å². The smallest absolute Gasteiger partial charge is 0.343 e. The summed E-state index contributed by atoms with van der Waals surface area (Å²) >= 11 is 0. The molecule has 24 heavy (non-hydrogen) atoms. The normalized spacial score (nSPS) is 9.92. The van der Waals surface area contributed by atoms with Gasteiger partial charge in [-0.1, -0.05) is 0 Å². The molecule has 0 aromatic carbocycles. The number of hydrogen-bond acceptors (Lipinski definition) is 7. The Morgan fingerprint density at radius 2 is 1.67 bits per heavy atom. The van der Waals surface area contributed by atoms with E-state index in [4.69, 9.17) is 0 Å². The highest BCUT2D eigenvalue weighted by Crippen LogP contribution is 2.03. The van der Waals surface area contributed by atoms with Crippen molar-refractivity contribution in [2.45, 2.75) is 0 Å². The number of pyridine rings is 2. The lowest BCUT2D eigenvalue weighted by molar-refractivity contribution is 0.0593. The van der Waals surface area contributed by atoms with E-state index in [0.717, 1.165) is 31.3 Å². The van der Waals surface area contributed by atoms with Crippen molar-refractivity contribution in [1.29, 1.82) is 0 Å². The molecule has 0 spiro atoms. The van der Waals surface area contributed by atoms with Crippen LogP contribution in [0.5, 0.6) is 0 Å². The standard InChI is InChI=1S/C15H13N3O6/c1-23-14(21)10-7-18(8-11(12(10)19)15(22)24-2)17-13(20)9-4-3-5-16-6-9/h3-8H,1-2H3,(H,17,20). The Bertz CT molecular complexity index is 804. The van der Waals surface area contributed by atoms with E-state index in [9.17, 15) is 19.2 Å². The molecule has 0 aliphatic rings. The summed E-state index contributed by atoms with van der Waals surface area (Å²) in [4.78, 5) is 51.5. The van der Waals surface area contributed by atoms with Crippen LogP contribution in [0.3, 0.4) is 0 Å². The fraction of sp³-hybridized carbons (Fsp3) is 0.133. The maximum Gasteiger partial charge on any atom is 0.343 e. The molecular formula is C15H13N3O6. The summed E-state index contributed by atoms with van der Waals surface area (Å²) in [5.41, 5.74) is 0.944. The Hall–Kier alpha value is -3.49. The predicted octanol–water partition coefficient (Wildman–Crippen LogP) is 0.200. The van der Waals surface area contributed by atoms with Crippen LogP contribution in [0.2, 0.25) is 0 Å². The summed E-state index contributed by atoms with van der Waals surface area (Å²) in [6, 6.07) is 3.09. The zero-order valence-corrected chi connectivity index (χ0v) is 12.8. The lowest BCUT2D eigenvalue weighted by Gasteiger charge is -2.11. The lowest BCUT2D eigenvalue weighted by Crippen LogP contribution is -2.30.